The molecule has 3 rings (SSSR count). The van der Waals surface area contributed by atoms with Crippen molar-refractivity contribution in [3.05, 3.63) is 10.1 Å². The molecule has 3 heterocycles. The number of nitrogens with zero attached hydrogens (tertiary/aromatic N) is 1. The van der Waals surface area contributed by atoms with Crippen LogP contribution in [0.25, 0.3) is 0 Å². The lowest BCUT2D eigenvalue weighted by molar-refractivity contribution is -0.769. The van der Waals surface area contributed by atoms with Gasteiger partial charge in [0.25, 0.3) is 5.09 Å². The lowest BCUT2D eigenvalue weighted by Crippen LogP contribution is -2.45. The zero-order valence-electron chi connectivity index (χ0n) is 9.39. The van der Waals surface area contributed by atoms with E-state index in [4.69, 9.17) is 14.2 Å². The third kappa shape index (κ3) is 2.39. The first-order chi connectivity index (χ1) is 8.08. The Morgan fingerprint density at radius 2 is 2.11 bits per heavy atom. The Balaban J connectivity index is 0.00000120. The van der Waals surface area contributed by atoms with Gasteiger partial charge in [-0.25, -0.2) is 0 Å². The molecular formula is C9H14ClNO7. The molecule has 0 saturated carbocycles. The highest BCUT2D eigenvalue weighted by molar-refractivity contribution is 5.85. The molecule has 8 nitrogen and oxygen atoms in total. The summed E-state index contributed by atoms with van der Waals surface area (Å²) in [6.07, 6.45) is -1.44. The van der Waals surface area contributed by atoms with Crippen LogP contribution in [0.1, 0.15) is 6.42 Å². The molecule has 5 atom stereocenters. The molecule has 3 fully saturated rings. The van der Waals surface area contributed by atoms with E-state index < -0.39 is 29.0 Å². The smallest absolute Gasteiger partial charge is 0.294 e. The van der Waals surface area contributed by atoms with Crippen molar-refractivity contribution in [2.75, 3.05) is 19.8 Å². The van der Waals surface area contributed by atoms with Gasteiger partial charge in [0.1, 0.15) is 17.8 Å². The van der Waals surface area contributed by atoms with Crippen molar-refractivity contribution in [3.8, 4) is 0 Å². The molecule has 0 aromatic rings. The van der Waals surface area contributed by atoms with Crippen molar-refractivity contribution >= 4 is 12.4 Å². The molecule has 18 heavy (non-hydrogen) atoms. The molecule has 1 unspecified atom stereocenters. The van der Waals surface area contributed by atoms with Gasteiger partial charge in [0, 0.05) is 6.42 Å². The minimum atomic E-state index is -1.12. The van der Waals surface area contributed by atoms with Gasteiger partial charge < -0.3 is 24.2 Å². The van der Waals surface area contributed by atoms with Crippen LogP contribution in [-0.4, -0.2) is 60.0 Å². The summed E-state index contributed by atoms with van der Waals surface area (Å²) >= 11 is 0. The number of hydrogen-bond acceptors (Lipinski definition) is 7. The Morgan fingerprint density at radius 1 is 1.39 bits per heavy atom. The van der Waals surface area contributed by atoms with Gasteiger partial charge in [-0.2, -0.15) is 0 Å². The summed E-state index contributed by atoms with van der Waals surface area (Å²) in [5.41, 5.74) is -1.12. The van der Waals surface area contributed by atoms with Gasteiger partial charge in [-0.05, 0) is 0 Å². The van der Waals surface area contributed by atoms with E-state index in [2.05, 4.69) is 4.84 Å². The maximum Gasteiger partial charge on any atom is 0.294 e. The molecule has 9 heteroatoms. The third-order valence-corrected chi connectivity index (χ3v) is 3.37. The summed E-state index contributed by atoms with van der Waals surface area (Å²) in [4.78, 5) is 14.8. The van der Waals surface area contributed by atoms with Crippen LogP contribution in [0.4, 0.5) is 0 Å². The van der Waals surface area contributed by atoms with Crippen LogP contribution in [-0.2, 0) is 19.0 Å². The first-order valence-electron chi connectivity index (χ1n) is 5.47. The summed E-state index contributed by atoms with van der Waals surface area (Å²) in [7, 11) is 0. The molecule has 3 aliphatic heterocycles. The molecule has 0 bridgehead atoms. The molecule has 3 saturated heterocycles. The van der Waals surface area contributed by atoms with Crippen molar-refractivity contribution < 1.29 is 29.2 Å². The fraction of sp³-hybridized carbons (Fsp3) is 1.00. The summed E-state index contributed by atoms with van der Waals surface area (Å²) in [6.45, 7) is 0.790. The molecular weight excluding hydrogens is 270 g/mol. The Kier molecular flexibility index (Phi) is 3.65. The average molecular weight is 284 g/mol. The summed E-state index contributed by atoms with van der Waals surface area (Å²) in [6, 6.07) is 0. The summed E-state index contributed by atoms with van der Waals surface area (Å²) in [5, 5.41) is 19.8. The molecule has 0 radical (unpaired) electrons. The zero-order chi connectivity index (χ0) is 12.0. The van der Waals surface area contributed by atoms with E-state index >= 15 is 0 Å². The monoisotopic (exact) mass is 283 g/mol. The highest BCUT2D eigenvalue weighted by Gasteiger charge is 2.58. The summed E-state index contributed by atoms with van der Waals surface area (Å²) < 4.78 is 15.8. The predicted molar refractivity (Wildman–Crippen MR) is 57.9 cm³/mol. The molecule has 0 spiro atoms. The van der Waals surface area contributed by atoms with Gasteiger partial charge in [-0.3, -0.25) is 0 Å². The van der Waals surface area contributed by atoms with E-state index in [1.165, 1.54) is 0 Å². The average Bonchev–Trinajstić information content (AvgIpc) is 2.86. The highest BCUT2D eigenvalue weighted by atomic mass is 35.5. The molecule has 0 amide bonds. The Bertz CT molecular complexity index is 339. The van der Waals surface area contributed by atoms with Gasteiger partial charge in [-0.1, -0.05) is 0 Å². The first kappa shape index (κ1) is 13.8. The van der Waals surface area contributed by atoms with Crippen molar-refractivity contribution in [1.29, 1.82) is 0 Å². The van der Waals surface area contributed by atoms with Gasteiger partial charge in [0.2, 0.25) is 0 Å². The van der Waals surface area contributed by atoms with Crippen molar-refractivity contribution in [3.63, 3.8) is 0 Å². The second-order valence-electron chi connectivity index (χ2n) is 4.66. The van der Waals surface area contributed by atoms with Gasteiger partial charge in [0.15, 0.2) is 6.10 Å². The molecule has 1 N–H and O–H groups in total. The van der Waals surface area contributed by atoms with E-state index in [1.54, 1.807) is 0 Å². The lowest BCUT2D eigenvalue weighted by Gasteiger charge is -2.25. The number of fused-ring (bicyclic) bond motifs is 1. The second-order valence-corrected chi connectivity index (χ2v) is 4.66. The zero-order valence-corrected chi connectivity index (χ0v) is 10.2. The first-order valence-corrected chi connectivity index (χ1v) is 5.47. The van der Waals surface area contributed by atoms with Gasteiger partial charge in [-0.15, -0.1) is 22.5 Å². The number of aliphatic hydroxyl groups is 1. The number of epoxide rings is 1. The van der Waals surface area contributed by atoms with Crippen LogP contribution in [0, 0.1) is 10.1 Å². The number of ether oxygens (including phenoxy) is 3. The minimum Gasteiger partial charge on any atom is -0.385 e. The van der Waals surface area contributed by atoms with Crippen molar-refractivity contribution in [2.24, 2.45) is 0 Å². The van der Waals surface area contributed by atoms with Gasteiger partial charge in [0.05, 0.1) is 25.9 Å². The van der Waals surface area contributed by atoms with E-state index in [1.807, 2.05) is 0 Å². The largest absolute Gasteiger partial charge is 0.385 e. The van der Waals surface area contributed by atoms with Crippen LogP contribution >= 0.6 is 12.4 Å². The van der Waals surface area contributed by atoms with Crippen LogP contribution in [0.15, 0.2) is 0 Å². The second kappa shape index (κ2) is 4.78. The Morgan fingerprint density at radius 3 is 2.72 bits per heavy atom. The number of rotatable bonds is 4. The number of halogens is 1. The predicted octanol–water partition coefficient (Wildman–Crippen LogP) is -0.697. The van der Waals surface area contributed by atoms with Crippen LogP contribution < -0.4 is 0 Å². The SMILES string of the molecule is Cl.O=[N+]([O-])O[C@H]1CO[C@H]2[C@@H]1OC[C@]2(O)CC1CO1. The molecule has 104 valence electrons. The van der Waals surface area contributed by atoms with E-state index in [9.17, 15) is 15.2 Å². The maximum absolute atomic E-state index is 10.4. The summed E-state index contributed by atoms with van der Waals surface area (Å²) in [5.74, 6) is 0. The Labute approximate surface area is 109 Å². The van der Waals surface area contributed by atoms with E-state index in [0.717, 1.165) is 0 Å². The van der Waals surface area contributed by atoms with E-state index in [-0.39, 0.29) is 31.7 Å². The molecule has 0 aliphatic carbocycles. The van der Waals surface area contributed by atoms with Gasteiger partial charge >= 0.3 is 0 Å². The van der Waals surface area contributed by atoms with Crippen molar-refractivity contribution in [1.82, 2.24) is 0 Å². The highest BCUT2D eigenvalue weighted by Crippen LogP contribution is 2.39. The van der Waals surface area contributed by atoms with Crippen LogP contribution in [0.3, 0.4) is 0 Å². The van der Waals surface area contributed by atoms with E-state index in [0.29, 0.717) is 13.0 Å². The normalized spacial score (nSPS) is 45.2. The third-order valence-electron chi connectivity index (χ3n) is 3.37. The van der Waals surface area contributed by atoms with Crippen molar-refractivity contribution in [2.45, 2.75) is 36.4 Å². The Hall–Kier alpha value is -0.670. The molecule has 0 aromatic heterocycles. The minimum absolute atomic E-state index is 0. The maximum atomic E-state index is 10.4. The lowest BCUT2D eigenvalue weighted by atomic mass is 9.91. The molecule has 3 aliphatic rings. The van der Waals surface area contributed by atoms with Crippen LogP contribution in [0.2, 0.25) is 0 Å². The fourth-order valence-corrected chi connectivity index (χ4v) is 2.52. The fourth-order valence-electron chi connectivity index (χ4n) is 2.52. The number of hydrogen-bond donors (Lipinski definition) is 1. The molecule has 0 aromatic carbocycles. The quantitative estimate of drug-likeness (QED) is 0.413. The standard InChI is InChI=1S/C9H13NO7.ClH/c11-9(1-5-2-14-5)4-16-7-6(17-10(12)13)3-15-8(7)9;/h5-8,11H,1-4H2;1H/t5?,6-,7+,8-,9+;/m0./s1. The topological polar surface area (TPSA) is 104 Å². The van der Waals surface area contributed by atoms with Crippen LogP contribution in [0.5, 0.6) is 0 Å².